The average Bonchev–Trinajstić information content (AvgIpc) is 2.32. The van der Waals surface area contributed by atoms with Crippen molar-refractivity contribution in [2.75, 3.05) is 11.5 Å². The molecule has 0 amide bonds. The van der Waals surface area contributed by atoms with Crippen molar-refractivity contribution in [1.82, 2.24) is 0 Å². The Morgan fingerprint density at radius 1 is 0.850 bits per heavy atom. The summed E-state index contributed by atoms with van der Waals surface area (Å²) in [7, 11) is 2.38. The Hall–Kier alpha value is -1.10. The first-order valence-electron chi connectivity index (χ1n) is 5.44. The van der Waals surface area contributed by atoms with Crippen molar-refractivity contribution in [3.8, 4) is 0 Å². The Balaban J connectivity index is 3.85. The first-order chi connectivity index (χ1) is 9.23. The minimum absolute atomic E-state index is 0.186. The smallest absolute Gasteiger partial charge is 0.331 e. The maximum atomic E-state index is 11.2. The second kappa shape index (κ2) is 9.75. The lowest BCUT2D eigenvalue weighted by Gasteiger charge is -2.10. The number of carbonyl (C=O) groups is 4. The molecule has 0 spiro atoms. The zero-order valence-electron chi connectivity index (χ0n) is 11.0. The van der Waals surface area contributed by atoms with Gasteiger partial charge in [-0.25, -0.2) is 9.59 Å². The van der Waals surface area contributed by atoms with Gasteiger partial charge in [0.2, 0.25) is 0 Å². The van der Waals surface area contributed by atoms with E-state index in [2.05, 4.69) is 9.47 Å². The first kappa shape index (κ1) is 18.9. The number of esters is 4. The van der Waals surface area contributed by atoms with E-state index in [1.165, 1.54) is 21.6 Å². The normalized spacial score (nSPS) is 13.2. The SMILES string of the molecule is CC(=O)OC(=O)[C@@H](N)CSSC[C@H](N)C(=O)OC(C)=O. The molecule has 0 aromatic carbocycles. The molecule has 8 nitrogen and oxygen atoms in total. The molecular formula is C10H16N2O6S2. The summed E-state index contributed by atoms with van der Waals surface area (Å²) in [6.07, 6.45) is 0. The van der Waals surface area contributed by atoms with Crippen LogP contribution >= 0.6 is 21.6 Å². The van der Waals surface area contributed by atoms with Crippen molar-refractivity contribution in [1.29, 1.82) is 0 Å². The Kier molecular flexibility index (Phi) is 9.21. The molecule has 2 atom stereocenters. The van der Waals surface area contributed by atoms with Crippen LogP contribution in [0.3, 0.4) is 0 Å². The molecule has 0 saturated carbocycles. The molecule has 0 aliphatic rings. The maximum Gasteiger partial charge on any atom is 0.331 e. The summed E-state index contributed by atoms with van der Waals surface area (Å²) in [5.41, 5.74) is 11.0. The van der Waals surface area contributed by atoms with E-state index in [4.69, 9.17) is 11.5 Å². The molecule has 0 aromatic rings. The zero-order valence-corrected chi connectivity index (χ0v) is 12.6. The number of carbonyl (C=O) groups excluding carboxylic acids is 4. The van der Waals surface area contributed by atoms with Crippen molar-refractivity contribution >= 4 is 45.5 Å². The first-order valence-corrected chi connectivity index (χ1v) is 7.93. The number of nitrogens with two attached hydrogens (primary N) is 2. The van der Waals surface area contributed by atoms with Crippen LogP contribution in [0, 0.1) is 0 Å². The highest BCUT2D eigenvalue weighted by Crippen LogP contribution is 2.22. The van der Waals surface area contributed by atoms with Gasteiger partial charge in [0, 0.05) is 25.4 Å². The molecule has 0 unspecified atom stereocenters. The van der Waals surface area contributed by atoms with Crippen LogP contribution in [0.15, 0.2) is 0 Å². The van der Waals surface area contributed by atoms with Crippen LogP contribution in [0.4, 0.5) is 0 Å². The molecule has 0 aliphatic carbocycles. The van der Waals surface area contributed by atoms with Gasteiger partial charge in [0.25, 0.3) is 0 Å². The lowest BCUT2D eigenvalue weighted by molar-refractivity contribution is -0.160. The van der Waals surface area contributed by atoms with E-state index >= 15 is 0 Å². The van der Waals surface area contributed by atoms with E-state index in [0.717, 1.165) is 13.8 Å². The van der Waals surface area contributed by atoms with Gasteiger partial charge in [-0.3, -0.25) is 9.59 Å². The largest absolute Gasteiger partial charge is 0.392 e. The van der Waals surface area contributed by atoms with Crippen LogP contribution in [0.1, 0.15) is 13.8 Å². The molecule has 0 bridgehead atoms. The molecule has 0 rings (SSSR count). The van der Waals surface area contributed by atoms with Gasteiger partial charge in [-0.1, -0.05) is 21.6 Å². The third-order valence-corrected chi connectivity index (χ3v) is 4.15. The minimum atomic E-state index is -0.947. The van der Waals surface area contributed by atoms with E-state index in [-0.39, 0.29) is 11.5 Å². The molecule has 0 aromatic heterocycles. The third kappa shape index (κ3) is 8.91. The summed E-state index contributed by atoms with van der Waals surface area (Å²) < 4.78 is 8.62. The maximum absolute atomic E-state index is 11.2. The molecule has 4 N–H and O–H groups in total. The van der Waals surface area contributed by atoms with Crippen LogP contribution in [0.2, 0.25) is 0 Å². The fourth-order valence-corrected chi connectivity index (χ4v) is 3.03. The van der Waals surface area contributed by atoms with E-state index < -0.39 is 36.0 Å². The van der Waals surface area contributed by atoms with Gasteiger partial charge in [0.1, 0.15) is 12.1 Å². The molecular weight excluding hydrogens is 308 g/mol. The number of hydrogen-bond donors (Lipinski definition) is 2. The predicted molar refractivity (Wildman–Crippen MR) is 74.4 cm³/mol. The summed E-state index contributed by atoms with van der Waals surface area (Å²) in [6, 6.07) is -1.89. The molecule has 10 heteroatoms. The van der Waals surface area contributed by atoms with Crippen LogP contribution in [0.25, 0.3) is 0 Å². The fourth-order valence-electron chi connectivity index (χ4n) is 0.814. The Labute approximate surface area is 123 Å². The van der Waals surface area contributed by atoms with Gasteiger partial charge < -0.3 is 20.9 Å². The number of rotatable bonds is 7. The molecule has 0 heterocycles. The Bertz CT molecular complexity index is 354. The van der Waals surface area contributed by atoms with Crippen molar-refractivity contribution in [2.24, 2.45) is 11.5 Å². The summed E-state index contributed by atoms with van der Waals surface area (Å²) in [5.74, 6) is -2.71. The van der Waals surface area contributed by atoms with Gasteiger partial charge in [0.15, 0.2) is 0 Å². The van der Waals surface area contributed by atoms with E-state index in [9.17, 15) is 19.2 Å². The van der Waals surface area contributed by atoms with Gasteiger partial charge in [-0.15, -0.1) is 0 Å². The highest BCUT2D eigenvalue weighted by molar-refractivity contribution is 8.76. The second-order valence-corrected chi connectivity index (χ2v) is 6.16. The molecule has 0 aliphatic heterocycles. The summed E-state index contributed by atoms with van der Waals surface area (Å²) in [5, 5.41) is 0. The molecule has 0 saturated heterocycles. The average molecular weight is 324 g/mol. The van der Waals surface area contributed by atoms with E-state index in [0.29, 0.717) is 0 Å². The van der Waals surface area contributed by atoms with Gasteiger partial charge in [0.05, 0.1) is 0 Å². The van der Waals surface area contributed by atoms with Crippen molar-refractivity contribution in [3.05, 3.63) is 0 Å². The van der Waals surface area contributed by atoms with E-state index in [1.54, 1.807) is 0 Å². The zero-order chi connectivity index (χ0) is 15.7. The van der Waals surface area contributed by atoms with Crippen LogP contribution in [-0.2, 0) is 28.7 Å². The second-order valence-electron chi connectivity index (χ2n) is 3.61. The molecule has 0 fully saturated rings. The van der Waals surface area contributed by atoms with Crippen LogP contribution in [-0.4, -0.2) is 47.5 Å². The third-order valence-electron chi connectivity index (χ3n) is 1.67. The topological polar surface area (TPSA) is 139 Å². The highest BCUT2D eigenvalue weighted by Gasteiger charge is 2.19. The van der Waals surface area contributed by atoms with Crippen molar-refractivity contribution in [2.45, 2.75) is 25.9 Å². The fraction of sp³-hybridized carbons (Fsp3) is 0.600. The summed E-state index contributed by atoms with van der Waals surface area (Å²) >= 11 is 0. The van der Waals surface area contributed by atoms with Crippen LogP contribution < -0.4 is 11.5 Å². The molecule has 114 valence electrons. The predicted octanol–water partition coefficient (Wildman–Crippen LogP) is -0.798. The summed E-state index contributed by atoms with van der Waals surface area (Å²) in [4.78, 5) is 43.4. The van der Waals surface area contributed by atoms with E-state index in [1.807, 2.05) is 0 Å². The number of hydrogen-bond acceptors (Lipinski definition) is 10. The Morgan fingerprint density at radius 3 is 1.40 bits per heavy atom. The minimum Gasteiger partial charge on any atom is -0.392 e. The molecule has 20 heavy (non-hydrogen) atoms. The van der Waals surface area contributed by atoms with Gasteiger partial charge in [-0.05, 0) is 0 Å². The lowest BCUT2D eigenvalue weighted by atomic mass is 10.4. The number of ether oxygens (including phenoxy) is 2. The lowest BCUT2D eigenvalue weighted by Crippen LogP contribution is -2.36. The quantitative estimate of drug-likeness (QED) is 0.265. The van der Waals surface area contributed by atoms with Gasteiger partial charge in [-0.2, -0.15) is 0 Å². The van der Waals surface area contributed by atoms with Crippen LogP contribution in [0.5, 0.6) is 0 Å². The monoisotopic (exact) mass is 324 g/mol. The van der Waals surface area contributed by atoms with Crippen molar-refractivity contribution < 1.29 is 28.7 Å². The summed E-state index contributed by atoms with van der Waals surface area (Å²) in [6.45, 7) is 2.21. The van der Waals surface area contributed by atoms with Crippen molar-refractivity contribution in [3.63, 3.8) is 0 Å². The highest BCUT2D eigenvalue weighted by atomic mass is 33.1. The standard InChI is InChI=1S/C10H16N2O6S2/c1-5(13)17-9(15)7(11)3-19-20-4-8(12)10(16)18-6(2)14/h7-8H,3-4,11-12H2,1-2H3/t7-,8-/m0/s1. The van der Waals surface area contributed by atoms with Gasteiger partial charge >= 0.3 is 23.9 Å². The molecule has 0 radical (unpaired) electrons. The Morgan fingerprint density at radius 2 is 1.15 bits per heavy atom.